The Hall–Kier alpha value is -1.95. The van der Waals surface area contributed by atoms with Gasteiger partial charge in [0.05, 0.1) is 5.56 Å². The smallest absolute Gasteiger partial charge is 0.335 e. The Morgan fingerprint density at radius 2 is 2.00 bits per heavy atom. The van der Waals surface area contributed by atoms with Gasteiger partial charge in [0.2, 0.25) is 0 Å². The van der Waals surface area contributed by atoms with Gasteiger partial charge in [0.15, 0.2) is 0 Å². The van der Waals surface area contributed by atoms with Crippen LogP contribution in [0.5, 0.6) is 0 Å². The molecule has 2 N–H and O–H groups in total. The second-order valence-electron chi connectivity index (χ2n) is 2.45. The molecule has 0 saturated carbocycles. The fourth-order valence-corrected chi connectivity index (χ4v) is 0.831. The van der Waals surface area contributed by atoms with Crippen LogP contribution in [-0.4, -0.2) is 27.8 Å². The second-order valence-corrected chi connectivity index (χ2v) is 2.45. The lowest BCUT2D eigenvalue weighted by Crippen LogP contribution is -1.99. The minimum atomic E-state index is -1.04. The molecule has 0 aromatic heterocycles. The zero-order valence-corrected chi connectivity index (χ0v) is 7.12. The molecule has 14 heavy (non-hydrogen) atoms. The van der Waals surface area contributed by atoms with Crippen molar-refractivity contribution in [2.24, 2.45) is 5.11 Å². The Morgan fingerprint density at radius 1 is 1.43 bits per heavy atom. The number of carbonyl (C=O) groups is 1. The summed E-state index contributed by atoms with van der Waals surface area (Å²) in [6, 6.07) is 5.41. The van der Waals surface area contributed by atoms with Crippen molar-refractivity contribution in [1.82, 2.24) is 0 Å². The van der Waals surface area contributed by atoms with Crippen molar-refractivity contribution in [1.29, 1.82) is 0 Å². The van der Waals surface area contributed by atoms with Crippen LogP contribution >= 0.6 is 0 Å². The number of aliphatic hydroxyl groups excluding tert-OH is 1. The number of rotatable bonds is 3. The third kappa shape index (κ3) is 2.53. The van der Waals surface area contributed by atoms with Gasteiger partial charge >= 0.3 is 5.97 Å². The molecule has 0 aliphatic heterocycles. The number of hydrogen-bond donors (Lipinski definition) is 2. The lowest BCUT2D eigenvalue weighted by molar-refractivity contribution is -0.561. The van der Waals surface area contributed by atoms with E-state index in [9.17, 15) is 10.0 Å². The lowest BCUT2D eigenvalue weighted by atomic mass is 10.2. The van der Waals surface area contributed by atoms with Gasteiger partial charge in [0, 0.05) is 5.11 Å². The van der Waals surface area contributed by atoms with Crippen molar-refractivity contribution in [3.63, 3.8) is 0 Å². The highest BCUT2D eigenvalue weighted by Gasteiger charge is 2.02. The van der Waals surface area contributed by atoms with E-state index in [4.69, 9.17) is 10.2 Å². The number of nitrogens with zero attached hydrogens (tertiary/aromatic N) is 2. The maximum atomic E-state index is 10.6. The third-order valence-corrected chi connectivity index (χ3v) is 1.46. The van der Waals surface area contributed by atoms with Gasteiger partial charge in [0.1, 0.15) is 5.69 Å². The SMILES string of the molecule is O=C(O)c1ccc(N=[N+]([O-])CO)cc1. The predicted octanol–water partition coefficient (Wildman–Crippen LogP) is 0.929. The molecule has 1 aromatic carbocycles. The highest BCUT2D eigenvalue weighted by atomic mass is 16.5. The molecule has 6 nitrogen and oxygen atoms in total. The highest BCUT2D eigenvalue weighted by molar-refractivity contribution is 5.87. The van der Waals surface area contributed by atoms with E-state index in [1.165, 1.54) is 24.3 Å². The van der Waals surface area contributed by atoms with Crippen LogP contribution < -0.4 is 0 Å². The minimum Gasteiger partial charge on any atom is -0.598 e. The number of hydroxylamine groups is 1. The first-order valence-electron chi connectivity index (χ1n) is 3.74. The minimum absolute atomic E-state index is 0.0930. The van der Waals surface area contributed by atoms with Gasteiger partial charge in [-0.25, -0.2) is 4.79 Å². The molecular weight excluding hydrogens is 188 g/mol. The molecule has 74 valence electrons. The van der Waals surface area contributed by atoms with Crippen LogP contribution in [0.3, 0.4) is 0 Å². The quantitative estimate of drug-likeness (QED) is 0.325. The first-order valence-corrected chi connectivity index (χ1v) is 3.74. The molecule has 0 bridgehead atoms. The maximum absolute atomic E-state index is 10.6. The van der Waals surface area contributed by atoms with Gasteiger partial charge in [0.25, 0.3) is 6.73 Å². The molecule has 0 heterocycles. The van der Waals surface area contributed by atoms with Crippen LogP contribution in [0.4, 0.5) is 5.69 Å². The average molecular weight is 196 g/mol. The molecule has 0 fully saturated rings. The molecule has 1 aromatic rings. The van der Waals surface area contributed by atoms with Crippen molar-refractivity contribution < 1.29 is 19.9 Å². The summed E-state index contributed by atoms with van der Waals surface area (Å²) in [5.41, 5.74) is 0.407. The zero-order chi connectivity index (χ0) is 10.6. The number of benzene rings is 1. The van der Waals surface area contributed by atoms with E-state index < -0.39 is 12.7 Å². The third-order valence-electron chi connectivity index (χ3n) is 1.46. The van der Waals surface area contributed by atoms with E-state index in [2.05, 4.69) is 5.11 Å². The summed E-state index contributed by atoms with van der Waals surface area (Å²) in [4.78, 5) is 10.5. The Kier molecular flexibility index (Phi) is 3.14. The summed E-state index contributed by atoms with van der Waals surface area (Å²) < 4.78 is 0. The van der Waals surface area contributed by atoms with Crippen molar-refractivity contribution in [2.75, 3.05) is 6.73 Å². The molecule has 0 aliphatic rings. The van der Waals surface area contributed by atoms with E-state index >= 15 is 0 Å². The van der Waals surface area contributed by atoms with Crippen LogP contribution in [0.2, 0.25) is 0 Å². The van der Waals surface area contributed by atoms with Crippen molar-refractivity contribution >= 4 is 11.7 Å². The Morgan fingerprint density at radius 3 is 2.43 bits per heavy atom. The van der Waals surface area contributed by atoms with Gasteiger partial charge in [-0.1, -0.05) is 4.86 Å². The fraction of sp³-hybridized carbons (Fsp3) is 0.125. The van der Waals surface area contributed by atoms with E-state index in [0.717, 1.165) is 0 Å². The van der Waals surface area contributed by atoms with Gasteiger partial charge in [-0.15, -0.1) is 0 Å². The van der Waals surface area contributed by atoms with Crippen LogP contribution in [0.1, 0.15) is 10.4 Å². The molecule has 0 spiro atoms. The molecule has 0 aliphatic carbocycles. The lowest BCUT2D eigenvalue weighted by Gasteiger charge is -1.96. The zero-order valence-electron chi connectivity index (χ0n) is 7.12. The predicted molar refractivity (Wildman–Crippen MR) is 46.2 cm³/mol. The van der Waals surface area contributed by atoms with Crippen molar-refractivity contribution in [2.45, 2.75) is 0 Å². The van der Waals surface area contributed by atoms with Crippen LogP contribution in [0, 0.1) is 5.21 Å². The maximum Gasteiger partial charge on any atom is 0.335 e. The summed E-state index contributed by atoms with van der Waals surface area (Å²) in [7, 11) is 0. The number of carboxylic acid groups (broad SMARTS) is 1. The Labute approximate surface area is 79.3 Å². The summed E-state index contributed by atoms with van der Waals surface area (Å²) in [5.74, 6) is -1.04. The van der Waals surface area contributed by atoms with Gasteiger partial charge in [-0.2, -0.15) is 0 Å². The standard InChI is InChI=1S/C8H8N2O4/c11-5-10(14)9-7-3-1-6(2-4-7)8(12)13/h1-4,11H,5H2,(H,12,13). The molecule has 1 rings (SSSR count). The molecule has 0 radical (unpaired) electrons. The monoisotopic (exact) mass is 196 g/mol. The van der Waals surface area contributed by atoms with E-state index in [1.54, 1.807) is 0 Å². The molecule has 0 saturated heterocycles. The summed E-state index contributed by atoms with van der Waals surface area (Å²) in [5, 5.41) is 30.9. The summed E-state index contributed by atoms with van der Waals surface area (Å²) in [6.45, 7) is -0.735. The number of aliphatic hydroxyl groups is 1. The van der Waals surface area contributed by atoms with Crippen molar-refractivity contribution in [3.8, 4) is 0 Å². The number of carboxylic acids is 1. The van der Waals surface area contributed by atoms with E-state index in [-0.39, 0.29) is 10.4 Å². The Bertz CT molecular complexity index is 358. The summed E-state index contributed by atoms with van der Waals surface area (Å²) >= 11 is 0. The number of hydrogen-bond acceptors (Lipinski definition) is 4. The average Bonchev–Trinajstić information content (AvgIpc) is 2.18. The molecule has 6 heteroatoms. The molecular formula is C8H8N2O4. The fourth-order valence-electron chi connectivity index (χ4n) is 0.831. The number of aromatic carboxylic acids is 1. The van der Waals surface area contributed by atoms with Crippen LogP contribution in [0.15, 0.2) is 29.4 Å². The molecule has 0 unspecified atom stereocenters. The number of azo groups is 1. The normalized spacial score (nSPS) is 11.4. The van der Waals surface area contributed by atoms with E-state index in [1.807, 2.05) is 0 Å². The summed E-state index contributed by atoms with van der Waals surface area (Å²) in [6.07, 6.45) is 0. The largest absolute Gasteiger partial charge is 0.598 e. The Balaban J connectivity index is 2.89. The first-order chi connectivity index (χ1) is 6.63. The molecule has 0 amide bonds. The second kappa shape index (κ2) is 4.33. The molecule has 0 atom stereocenters. The van der Waals surface area contributed by atoms with Gasteiger partial charge in [-0.3, -0.25) is 0 Å². The van der Waals surface area contributed by atoms with E-state index in [0.29, 0.717) is 5.69 Å². The van der Waals surface area contributed by atoms with Crippen LogP contribution in [-0.2, 0) is 0 Å². The highest BCUT2D eigenvalue weighted by Crippen LogP contribution is 2.12. The van der Waals surface area contributed by atoms with Crippen molar-refractivity contribution in [3.05, 3.63) is 35.0 Å². The van der Waals surface area contributed by atoms with Gasteiger partial charge < -0.3 is 15.4 Å². The van der Waals surface area contributed by atoms with Crippen LogP contribution in [0.25, 0.3) is 0 Å². The first kappa shape index (κ1) is 10.1. The topological polar surface area (TPSA) is 96.0 Å². The van der Waals surface area contributed by atoms with Gasteiger partial charge in [-0.05, 0) is 24.3 Å².